The van der Waals surface area contributed by atoms with Gasteiger partial charge in [0.25, 0.3) is 0 Å². The molecule has 0 atom stereocenters. The van der Waals surface area contributed by atoms with Crippen molar-refractivity contribution in [2.24, 2.45) is 5.92 Å². The number of nitrogens with zero attached hydrogens (tertiary/aromatic N) is 4. The minimum Gasteiger partial charge on any atom is -0.508 e. The van der Waals surface area contributed by atoms with E-state index in [1.807, 2.05) is 12.1 Å². The number of piperidine rings is 1. The fraction of sp³-hybridized carbons (Fsp3) is 0.286. The molecule has 1 aromatic carbocycles. The molecule has 1 saturated heterocycles. The molecule has 0 bridgehead atoms. The first-order valence-corrected chi connectivity index (χ1v) is 9.27. The Hall–Kier alpha value is -3.37. The van der Waals surface area contributed by atoms with Gasteiger partial charge >= 0.3 is 0 Å². The van der Waals surface area contributed by atoms with Crippen LogP contribution in [0.3, 0.4) is 0 Å². The minimum atomic E-state index is -0.237. The van der Waals surface area contributed by atoms with Crippen molar-refractivity contribution < 1.29 is 10.2 Å². The number of aromatic nitrogens is 2. The van der Waals surface area contributed by atoms with Crippen LogP contribution in [-0.4, -0.2) is 33.3 Å². The number of pyridine rings is 2. The normalized spacial score (nSPS) is 14.8. The summed E-state index contributed by atoms with van der Waals surface area (Å²) in [4.78, 5) is 11.3. The number of phenols is 1. The Morgan fingerprint density at radius 1 is 1.18 bits per heavy atom. The summed E-state index contributed by atoms with van der Waals surface area (Å²) in [5.41, 5.74) is 1.18. The number of hydrogen-bond donors (Lipinski definition) is 3. The van der Waals surface area contributed by atoms with Crippen molar-refractivity contribution in [1.29, 1.82) is 5.26 Å². The molecule has 0 saturated carbocycles. The first-order chi connectivity index (χ1) is 13.7. The minimum absolute atomic E-state index is 0.0618. The molecule has 28 heavy (non-hydrogen) atoms. The maximum Gasteiger partial charge on any atom is 0.136 e. The number of aromatic hydroxyl groups is 1. The summed E-state index contributed by atoms with van der Waals surface area (Å²) < 4.78 is 0. The van der Waals surface area contributed by atoms with Gasteiger partial charge in [0.1, 0.15) is 17.4 Å². The van der Waals surface area contributed by atoms with Gasteiger partial charge in [0.05, 0.1) is 12.7 Å². The number of rotatable bonds is 4. The number of benzene rings is 1. The van der Waals surface area contributed by atoms with Crippen LogP contribution in [0.1, 0.15) is 18.4 Å². The van der Waals surface area contributed by atoms with Crippen LogP contribution in [0.25, 0.3) is 10.8 Å². The molecule has 4 rings (SSSR count). The zero-order valence-electron chi connectivity index (χ0n) is 15.3. The number of aliphatic hydroxyl groups excluding tert-OH is 1. The van der Waals surface area contributed by atoms with Gasteiger partial charge in [0, 0.05) is 53.4 Å². The Kier molecular flexibility index (Phi) is 4.96. The SMILES string of the molecule is N#CC1CCN(c2nccc3cnc(Nc4ccc(O)c(CO)c4)cc23)CC1. The summed E-state index contributed by atoms with van der Waals surface area (Å²) in [6, 6.07) is 11.2. The maximum absolute atomic E-state index is 9.72. The number of nitriles is 1. The molecule has 0 unspecified atom stereocenters. The molecule has 0 spiro atoms. The molecule has 0 radical (unpaired) electrons. The van der Waals surface area contributed by atoms with Crippen molar-refractivity contribution >= 4 is 28.1 Å². The monoisotopic (exact) mass is 375 g/mol. The van der Waals surface area contributed by atoms with Gasteiger partial charge in [-0.3, -0.25) is 0 Å². The van der Waals surface area contributed by atoms with Crippen LogP contribution in [0, 0.1) is 17.2 Å². The van der Waals surface area contributed by atoms with E-state index in [0.717, 1.165) is 48.2 Å². The number of aliphatic hydroxyl groups is 1. The molecule has 3 heterocycles. The highest BCUT2D eigenvalue weighted by molar-refractivity contribution is 5.93. The third kappa shape index (κ3) is 3.55. The Balaban J connectivity index is 1.64. The fourth-order valence-corrected chi connectivity index (χ4v) is 3.53. The number of fused-ring (bicyclic) bond motifs is 1. The quantitative estimate of drug-likeness (QED) is 0.601. The second-order valence-corrected chi connectivity index (χ2v) is 6.94. The fourth-order valence-electron chi connectivity index (χ4n) is 3.53. The van der Waals surface area contributed by atoms with Crippen molar-refractivity contribution in [2.75, 3.05) is 23.3 Å². The third-order valence-corrected chi connectivity index (χ3v) is 5.13. The van der Waals surface area contributed by atoms with Crippen molar-refractivity contribution in [1.82, 2.24) is 9.97 Å². The molecule has 7 nitrogen and oxygen atoms in total. The van der Waals surface area contributed by atoms with Crippen LogP contribution in [0.5, 0.6) is 5.75 Å². The van der Waals surface area contributed by atoms with Gasteiger partial charge in [0.15, 0.2) is 0 Å². The summed E-state index contributed by atoms with van der Waals surface area (Å²) >= 11 is 0. The molecular weight excluding hydrogens is 354 g/mol. The summed E-state index contributed by atoms with van der Waals surface area (Å²) in [5, 5.41) is 33.4. The van der Waals surface area contributed by atoms with Gasteiger partial charge in [-0.15, -0.1) is 0 Å². The van der Waals surface area contributed by atoms with Gasteiger partial charge in [0.2, 0.25) is 0 Å². The van der Waals surface area contributed by atoms with Crippen LogP contribution in [0.15, 0.2) is 42.7 Å². The highest BCUT2D eigenvalue weighted by atomic mass is 16.3. The first-order valence-electron chi connectivity index (χ1n) is 9.27. The zero-order chi connectivity index (χ0) is 19.5. The summed E-state index contributed by atoms with van der Waals surface area (Å²) in [7, 11) is 0. The predicted molar refractivity (Wildman–Crippen MR) is 107 cm³/mol. The van der Waals surface area contributed by atoms with E-state index in [9.17, 15) is 10.2 Å². The lowest BCUT2D eigenvalue weighted by Crippen LogP contribution is -2.33. The highest BCUT2D eigenvalue weighted by Gasteiger charge is 2.21. The van der Waals surface area contributed by atoms with Gasteiger partial charge in [-0.2, -0.15) is 5.26 Å². The van der Waals surface area contributed by atoms with Crippen molar-refractivity contribution in [3.63, 3.8) is 0 Å². The van der Waals surface area contributed by atoms with E-state index in [1.54, 1.807) is 30.6 Å². The first kappa shape index (κ1) is 18.0. The molecule has 1 aliphatic rings. The van der Waals surface area contributed by atoms with Crippen molar-refractivity contribution in [3.05, 3.63) is 48.3 Å². The Labute approximate surface area is 162 Å². The molecule has 1 fully saturated rings. The highest BCUT2D eigenvalue weighted by Crippen LogP contribution is 2.30. The van der Waals surface area contributed by atoms with Gasteiger partial charge < -0.3 is 20.4 Å². The lowest BCUT2D eigenvalue weighted by atomic mass is 9.98. The molecule has 3 aromatic rings. The molecule has 3 N–H and O–H groups in total. The van der Waals surface area contributed by atoms with Crippen LogP contribution >= 0.6 is 0 Å². The van der Waals surface area contributed by atoms with Gasteiger partial charge in [-0.1, -0.05) is 0 Å². The van der Waals surface area contributed by atoms with E-state index in [-0.39, 0.29) is 18.3 Å². The lowest BCUT2D eigenvalue weighted by molar-refractivity contribution is 0.275. The molecular formula is C21H21N5O2. The number of nitrogens with one attached hydrogen (secondary N) is 1. The third-order valence-electron chi connectivity index (χ3n) is 5.13. The lowest BCUT2D eigenvalue weighted by Gasteiger charge is -2.30. The van der Waals surface area contributed by atoms with Crippen molar-refractivity contribution in [2.45, 2.75) is 19.4 Å². The number of hydrogen-bond acceptors (Lipinski definition) is 7. The smallest absolute Gasteiger partial charge is 0.136 e. The molecule has 0 aliphatic carbocycles. The maximum atomic E-state index is 9.72. The Morgan fingerprint density at radius 2 is 2.00 bits per heavy atom. The molecule has 7 heteroatoms. The Bertz CT molecular complexity index is 1040. The summed E-state index contributed by atoms with van der Waals surface area (Å²) in [6.07, 6.45) is 5.29. The summed E-state index contributed by atoms with van der Waals surface area (Å²) in [5.74, 6) is 1.75. The Morgan fingerprint density at radius 3 is 2.75 bits per heavy atom. The van der Waals surface area contributed by atoms with Crippen LogP contribution in [0.4, 0.5) is 17.3 Å². The van der Waals surface area contributed by atoms with Crippen LogP contribution in [-0.2, 0) is 6.61 Å². The zero-order valence-corrected chi connectivity index (χ0v) is 15.3. The van der Waals surface area contributed by atoms with Crippen molar-refractivity contribution in [3.8, 4) is 11.8 Å². The number of anilines is 3. The van der Waals surface area contributed by atoms with E-state index in [0.29, 0.717) is 11.4 Å². The van der Waals surface area contributed by atoms with E-state index in [2.05, 4.69) is 26.3 Å². The molecule has 142 valence electrons. The average molecular weight is 375 g/mol. The predicted octanol–water partition coefficient (Wildman–Crippen LogP) is 3.31. The largest absolute Gasteiger partial charge is 0.508 e. The van der Waals surface area contributed by atoms with Gasteiger partial charge in [-0.05, 0) is 43.2 Å². The van der Waals surface area contributed by atoms with E-state index in [1.165, 1.54) is 0 Å². The second kappa shape index (κ2) is 7.71. The standard InChI is InChI=1S/C21H21N5O2/c22-11-14-4-7-26(8-5-14)21-18-10-20(24-12-15(18)3-6-23-21)25-17-1-2-19(28)16(9-17)13-27/h1-3,6,9-10,12,14,27-28H,4-5,7-8,13H2,(H,24,25). The van der Waals surface area contributed by atoms with E-state index < -0.39 is 0 Å². The second-order valence-electron chi connectivity index (χ2n) is 6.94. The molecule has 2 aromatic heterocycles. The average Bonchev–Trinajstić information content (AvgIpc) is 2.74. The summed E-state index contributed by atoms with van der Waals surface area (Å²) in [6.45, 7) is 1.39. The van der Waals surface area contributed by atoms with Crippen LogP contribution < -0.4 is 10.2 Å². The van der Waals surface area contributed by atoms with Crippen LogP contribution in [0.2, 0.25) is 0 Å². The molecule has 0 amide bonds. The van der Waals surface area contributed by atoms with E-state index in [4.69, 9.17) is 5.26 Å². The van der Waals surface area contributed by atoms with E-state index >= 15 is 0 Å². The molecule has 1 aliphatic heterocycles. The topological polar surface area (TPSA) is 105 Å². The van der Waals surface area contributed by atoms with Gasteiger partial charge in [-0.25, -0.2) is 9.97 Å².